The quantitative estimate of drug-likeness (QED) is 0.658. The van der Waals surface area contributed by atoms with E-state index in [2.05, 4.69) is 51.7 Å². The average molecular weight is 324 g/mol. The zero-order valence-corrected chi connectivity index (χ0v) is 14.8. The summed E-state index contributed by atoms with van der Waals surface area (Å²) in [5, 5.41) is 2.80. The molecule has 1 aromatic carbocycles. The third-order valence-corrected chi connectivity index (χ3v) is 4.31. The largest absolute Gasteiger partial charge is 0.431 e. The van der Waals surface area contributed by atoms with Crippen LogP contribution < -0.4 is 4.74 Å². The van der Waals surface area contributed by atoms with Gasteiger partial charge in [0.2, 0.25) is 0 Å². The molecule has 1 aromatic heterocycles. The van der Waals surface area contributed by atoms with Gasteiger partial charge in [-0.2, -0.15) is 4.98 Å². The lowest BCUT2D eigenvalue weighted by Crippen LogP contribution is -2.24. The Morgan fingerprint density at radius 3 is 2.19 bits per heavy atom. The lowest BCUT2D eigenvalue weighted by Gasteiger charge is -2.33. The highest BCUT2D eigenvalue weighted by Crippen LogP contribution is 2.37. The summed E-state index contributed by atoms with van der Waals surface area (Å²) in [4.78, 5) is 4.09. The van der Waals surface area contributed by atoms with Crippen LogP contribution in [0.3, 0.4) is 0 Å². The summed E-state index contributed by atoms with van der Waals surface area (Å²) in [7, 11) is 0. The number of nitrogens with zero attached hydrogens (tertiary/aromatic N) is 1. The molecule has 0 radical (unpaired) electrons. The Morgan fingerprint density at radius 2 is 1.71 bits per heavy atom. The normalized spacial score (nSPS) is 12.5. The van der Waals surface area contributed by atoms with Crippen molar-refractivity contribution in [2.45, 2.75) is 46.5 Å². The molecule has 114 valence electrons. The van der Waals surface area contributed by atoms with Crippen molar-refractivity contribution in [2.24, 2.45) is 5.41 Å². The number of aromatic nitrogens is 1. The van der Waals surface area contributed by atoms with Gasteiger partial charge in [-0.05, 0) is 34.9 Å². The third-order valence-electron chi connectivity index (χ3n) is 3.27. The fourth-order valence-corrected chi connectivity index (χ4v) is 3.60. The van der Waals surface area contributed by atoms with Crippen molar-refractivity contribution in [1.29, 1.82) is 0 Å². The molecule has 0 N–H and O–H groups in total. The maximum Gasteiger partial charge on any atom is 0.280 e. The zero-order valence-electron chi connectivity index (χ0n) is 13.2. The molecule has 2 aromatic rings. The molecule has 0 unspecified atom stereocenters. The molecule has 0 aliphatic heterocycles. The molecule has 0 saturated heterocycles. The second-order valence-corrected chi connectivity index (χ2v) is 8.39. The summed E-state index contributed by atoms with van der Waals surface area (Å²) < 4.78 is 5.69. The van der Waals surface area contributed by atoms with Gasteiger partial charge >= 0.3 is 0 Å². The molecule has 0 spiro atoms. The van der Waals surface area contributed by atoms with Crippen molar-refractivity contribution >= 4 is 22.9 Å². The van der Waals surface area contributed by atoms with Crippen LogP contribution in [0.15, 0.2) is 29.6 Å². The van der Waals surface area contributed by atoms with Crippen LogP contribution in [0, 0.1) is 5.41 Å². The number of thiazole rings is 1. The molecule has 1 heterocycles. The Labute approximate surface area is 136 Å². The standard InChI is InChI=1S/C17H22ClNOS/c1-16(2,3)11-17(4,5)12-6-8-13(9-7-12)20-15-19-14(18)10-21-15/h6-10H,11H2,1-5H3. The molecule has 21 heavy (non-hydrogen) atoms. The van der Waals surface area contributed by atoms with Gasteiger partial charge in [0.05, 0.1) is 0 Å². The van der Waals surface area contributed by atoms with E-state index in [-0.39, 0.29) is 5.41 Å². The van der Waals surface area contributed by atoms with Gasteiger partial charge in [0.1, 0.15) is 10.9 Å². The van der Waals surface area contributed by atoms with Gasteiger partial charge in [-0.3, -0.25) is 0 Å². The molecule has 0 amide bonds. The van der Waals surface area contributed by atoms with Crippen molar-refractivity contribution in [3.8, 4) is 10.9 Å². The first-order valence-corrected chi connectivity index (χ1v) is 8.31. The third kappa shape index (κ3) is 4.72. The van der Waals surface area contributed by atoms with Crippen LogP contribution in [0.25, 0.3) is 0 Å². The van der Waals surface area contributed by atoms with Crippen LogP contribution in [0.5, 0.6) is 10.9 Å². The molecule has 2 nitrogen and oxygen atoms in total. The lowest BCUT2D eigenvalue weighted by atomic mass is 9.72. The topological polar surface area (TPSA) is 22.1 Å². The number of hydrogen-bond donors (Lipinski definition) is 0. The minimum Gasteiger partial charge on any atom is -0.431 e. The van der Waals surface area contributed by atoms with Gasteiger partial charge in [-0.1, -0.05) is 69.7 Å². The number of halogens is 1. The van der Waals surface area contributed by atoms with E-state index in [1.165, 1.54) is 16.9 Å². The van der Waals surface area contributed by atoms with Gasteiger partial charge in [-0.25, -0.2) is 0 Å². The second kappa shape index (κ2) is 5.98. The molecule has 0 bridgehead atoms. The first kappa shape index (κ1) is 16.3. The average Bonchev–Trinajstić information content (AvgIpc) is 2.72. The van der Waals surface area contributed by atoms with E-state index >= 15 is 0 Å². The molecule has 0 saturated carbocycles. The van der Waals surface area contributed by atoms with E-state index in [0.717, 1.165) is 12.2 Å². The predicted octanol–water partition coefficient (Wildman–Crippen LogP) is 6.30. The van der Waals surface area contributed by atoms with Crippen LogP contribution in [0.2, 0.25) is 5.15 Å². The van der Waals surface area contributed by atoms with Crippen LogP contribution in [-0.4, -0.2) is 4.98 Å². The summed E-state index contributed by atoms with van der Waals surface area (Å²) >= 11 is 7.19. The summed E-state index contributed by atoms with van der Waals surface area (Å²) in [5.74, 6) is 0.788. The second-order valence-electron chi connectivity index (χ2n) is 7.18. The van der Waals surface area contributed by atoms with E-state index in [9.17, 15) is 0 Å². The maximum atomic E-state index is 5.79. The van der Waals surface area contributed by atoms with Crippen LogP contribution >= 0.6 is 22.9 Å². The van der Waals surface area contributed by atoms with E-state index in [1.807, 2.05) is 12.1 Å². The van der Waals surface area contributed by atoms with Gasteiger partial charge in [-0.15, -0.1) is 0 Å². The van der Waals surface area contributed by atoms with Gasteiger partial charge in [0.25, 0.3) is 5.19 Å². The first-order chi connectivity index (χ1) is 9.66. The van der Waals surface area contributed by atoms with E-state index in [4.69, 9.17) is 16.3 Å². The molecular weight excluding hydrogens is 302 g/mol. The van der Waals surface area contributed by atoms with Gasteiger partial charge in [0, 0.05) is 5.38 Å². The predicted molar refractivity (Wildman–Crippen MR) is 90.7 cm³/mol. The highest BCUT2D eigenvalue weighted by molar-refractivity contribution is 7.11. The lowest BCUT2D eigenvalue weighted by molar-refractivity contribution is 0.284. The minimum atomic E-state index is 0.140. The minimum absolute atomic E-state index is 0.140. The maximum absolute atomic E-state index is 5.79. The number of hydrogen-bond acceptors (Lipinski definition) is 3. The molecule has 0 fully saturated rings. The molecular formula is C17H22ClNOS. The Hall–Kier alpha value is -1.06. The van der Waals surface area contributed by atoms with Crippen molar-refractivity contribution in [1.82, 2.24) is 4.98 Å². The van der Waals surface area contributed by atoms with Crippen molar-refractivity contribution in [3.63, 3.8) is 0 Å². The molecule has 4 heteroatoms. The first-order valence-electron chi connectivity index (χ1n) is 7.05. The summed E-state index contributed by atoms with van der Waals surface area (Å²) in [6.45, 7) is 11.4. The summed E-state index contributed by atoms with van der Waals surface area (Å²) in [6.07, 6.45) is 1.13. The Bertz CT molecular complexity index is 596. The summed E-state index contributed by atoms with van der Waals surface area (Å²) in [6, 6.07) is 8.26. The Balaban J connectivity index is 2.11. The van der Waals surface area contributed by atoms with Crippen LogP contribution in [0.4, 0.5) is 0 Å². The summed E-state index contributed by atoms with van der Waals surface area (Å²) in [5.41, 5.74) is 1.76. The fraction of sp³-hybridized carbons (Fsp3) is 0.471. The highest BCUT2D eigenvalue weighted by atomic mass is 35.5. The van der Waals surface area contributed by atoms with Crippen molar-refractivity contribution in [2.75, 3.05) is 0 Å². The van der Waals surface area contributed by atoms with E-state index in [0.29, 0.717) is 15.8 Å². The Morgan fingerprint density at radius 1 is 1.10 bits per heavy atom. The monoisotopic (exact) mass is 323 g/mol. The van der Waals surface area contributed by atoms with Crippen molar-refractivity contribution in [3.05, 3.63) is 40.4 Å². The van der Waals surface area contributed by atoms with E-state index < -0.39 is 0 Å². The Kier molecular flexibility index (Phi) is 4.64. The number of benzene rings is 1. The zero-order chi connectivity index (χ0) is 15.7. The van der Waals surface area contributed by atoms with Gasteiger partial charge < -0.3 is 4.74 Å². The van der Waals surface area contributed by atoms with Crippen molar-refractivity contribution < 1.29 is 4.74 Å². The van der Waals surface area contributed by atoms with E-state index in [1.54, 1.807) is 5.38 Å². The fourth-order valence-electron chi connectivity index (χ4n) is 2.79. The number of ether oxygens (including phenoxy) is 1. The van der Waals surface area contributed by atoms with Crippen LogP contribution in [-0.2, 0) is 5.41 Å². The molecule has 2 rings (SSSR count). The highest BCUT2D eigenvalue weighted by Gasteiger charge is 2.27. The number of rotatable bonds is 4. The van der Waals surface area contributed by atoms with Gasteiger partial charge in [0.15, 0.2) is 0 Å². The molecule has 0 aliphatic carbocycles. The molecule has 0 atom stereocenters. The SMILES string of the molecule is CC(C)(C)CC(C)(C)c1ccc(Oc2nc(Cl)cs2)cc1. The molecule has 0 aliphatic rings. The van der Waals surface area contributed by atoms with Crippen LogP contribution in [0.1, 0.15) is 46.6 Å². The smallest absolute Gasteiger partial charge is 0.280 e.